The van der Waals surface area contributed by atoms with E-state index in [9.17, 15) is 14.4 Å². The summed E-state index contributed by atoms with van der Waals surface area (Å²) in [5.74, 6) is -0.859. The molecule has 2 aromatic rings. The van der Waals surface area contributed by atoms with E-state index in [0.717, 1.165) is 0 Å². The molecule has 1 fully saturated rings. The minimum absolute atomic E-state index is 0.0417. The largest absolute Gasteiger partial charge is 0.493 e. The Hall–Kier alpha value is -2.70. The van der Waals surface area contributed by atoms with Gasteiger partial charge in [0.05, 0.1) is 10.7 Å². The molecule has 0 spiro atoms. The Balaban J connectivity index is 1.75. The van der Waals surface area contributed by atoms with Crippen molar-refractivity contribution >= 4 is 81.0 Å². The van der Waals surface area contributed by atoms with E-state index < -0.39 is 11.8 Å². The Labute approximate surface area is 201 Å². The highest BCUT2D eigenvalue weighted by atomic mass is 127. The SMILES string of the molecule is COc1cc(C=C2C(=O)NC(=S)NC2=O)cc(I)c1OCC(=O)Nc1ccc(Cl)cc1. The molecule has 1 heterocycles. The van der Waals surface area contributed by atoms with E-state index in [-0.39, 0.29) is 23.2 Å². The van der Waals surface area contributed by atoms with Crippen molar-refractivity contribution in [3.8, 4) is 11.5 Å². The van der Waals surface area contributed by atoms with Gasteiger partial charge in [0, 0.05) is 10.7 Å². The van der Waals surface area contributed by atoms with Gasteiger partial charge in [-0.3, -0.25) is 25.0 Å². The number of anilines is 1. The number of ether oxygens (including phenoxy) is 2. The number of hydrogen-bond acceptors (Lipinski definition) is 6. The third-order valence-corrected chi connectivity index (χ3v) is 5.24. The highest BCUT2D eigenvalue weighted by Crippen LogP contribution is 2.34. The lowest BCUT2D eigenvalue weighted by atomic mass is 10.1. The number of thiocarbonyl (C=S) groups is 1. The summed E-state index contributed by atoms with van der Waals surface area (Å²) >= 11 is 12.6. The fourth-order valence-corrected chi connectivity index (χ4v) is 3.70. The van der Waals surface area contributed by atoms with Crippen LogP contribution < -0.4 is 25.4 Å². The van der Waals surface area contributed by atoms with Crippen molar-refractivity contribution in [2.75, 3.05) is 19.0 Å². The maximum Gasteiger partial charge on any atom is 0.263 e. The Morgan fingerprint density at radius 2 is 1.84 bits per heavy atom. The molecule has 0 aliphatic carbocycles. The number of rotatable bonds is 6. The molecule has 3 amide bonds. The van der Waals surface area contributed by atoms with Crippen LogP contribution in [-0.2, 0) is 14.4 Å². The van der Waals surface area contributed by atoms with E-state index >= 15 is 0 Å². The van der Waals surface area contributed by atoms with Gasteiger partial charge in [-0.25, -0.2) is 0 Å². The van der Waals surface area contributed by atoms with Gasteiger partial charge in [-0.15, -0.1) is 0 Å². The number of carbonyl (C=O) groups excluding carboxylic acids is 3. The fourth-order valence-electron chi connectivity index (χ4n) is 2.60. The summed E-state index contributed by atoms with van der Waals surface area (Å²) in [6, 6.07) is 9.97. The number of nitrogens with one attached hydrogen (secondary N) is 3. The maximum atomic E-state index is 12.2. The summed E-state index contributed by atoms with van der Waals surface area (Å²) in [7, 11) is 1.45. The summed E-state index contributed by atoms with van der Waals surface area (Å²) in [5, 5.41) is 7.97. The monoisotopic (exact) mass is 571 g/mol. The molecular formula is C20H15ClIN3O5S. The minimum Gasteiger partial charge on any atom is -0.493 e. The molecule has 31 heavy (non-hydrogen) atoms. The minimum atomic E-state index is -0.595. The average Bonchev–Trinajstić information content (AvgIpc) is 2.71. The molecule has 1 aliphatic heterocycles. The molecule has 0 aromatic heterocycles. The van der Waals surface area contributed by atoms with Gasteiger partial charge in [0.2, 0.25) is 0 Å². The fraction of sp³-hybridized carbons (Fsp3) is 0.100. The summed E-state index contributed by atoms with van der Waals surface area (Å²) in [6.07, 6.45) is 1.41. The van der Waals surface area contributed by atoms with Crippen molar-refractivity contribution < 1.29 is 23.9 Å². The lowest BCUT2D eigenvalue weighted by Gasteiger charge is -2.17. The number of methoxy groups -OCH3 is 1. The van der Waals surface area contributed by atoms with Gasteiger partial charge in [-0.05, 0) is 82.8 Å². The van der Waals surface area contributed by atoms with Gasteiger partial charge in [-0.1, -0.05) is 11.6 Å². The summed E-state index contributed by atoms with van der Waals surface area (Å²) in [6.45, 7) is -0.252. The molecule has 1 saturated heterocycles. The van der Waals surface area contributed by atoms with Crippen LogP contribution >= 0.6 is 46.4 Å². The molecule has 0 saturated carbocycles. The molecule has 160 valence electrons. The Morgan fingerprint density at radius 3 is 2.45 bits per heavy atom. The normalized spacial score (nSPS) is 13.3. The second-order valence-corrected chi connectivity index (χ2v) is 8.18. The first-order valence-corrected chi connectivity index (χ1v) is 10.6. The molecule has 11 heteroatoms. The maximum absolute atomic E-state index is 12.2. The average molecular weight is 572 g/mol. The lowest BCUT2D eigenvalue weighted by Crippen LogP contribution is -2.51. The number of benzene rings is 2. The quantitative estimate of drug-likeness (QED) is 0.213. The van der Waals surface area contributed by atoms with Gasteiger partial charge < -0.3 is 14.8 Å². The van der Waals surface area contributed by atoms with Gasteiger partial charge in [0.1, 0.15) is 5.57 Å². The van der Waals surface area contributed by atoms with E-state index in [1.54, 1.807) is 36.4 Å². The molecule has 0 radical (unpaired) electrons. The van der Waals surface area contributed by atoms with Gasteiger partial charge >= 0.3 is 0 Å². The van der Waals surface area contributed by atoms with Crippen molar-refractivity contribution in [2.45, 2.75) is 0 Å². The van der Waals surface area contributed by atoms with Crippen molar-refractivity contribution in [1.82, 2.24) is 10.6 Å². The first-order valence-electron chi connectivity index (χ1n) is 8.71. The van der Waals surface area contributed by atoms with Crippen molar-refractivity contribution in [2.24, 2.45) is 0 Å². The summed E-state index contributed by atoms with van der Waals surface area (Å²) in [4.78, 5) is 36.3. The van der Waals surface area contributed by atoms with Crippen LogP contribution in [0.15, 0.2) is 42.0 Å². The molecule has 8 nitrogen and oxygen atoms in total. The molecule has 3 rings (SSSR count). The zero-order valence-corrected chi connectivity index (χ0v) is 19.7. The molecule has 2 aromatic carbocycles. The molecule has 0 bridgehead atoms. The van der Waals surface area contributed by atoms with E-state index in [2.05, 4.69) is 16.0 Å². The van der Waals surface area contributed by atoms with E-state index in [1.165, 1.54) is 13.2 Å². The standard InChI is InChI=1S/C20H15ClIN3O5S/c1-29-15-8-10(6-13-18(27)24-20(31)25-19(13)28)7-14(22)17(15)30-9-16(26)23-12-4-2-11(21)3-5-12/h2-8H,9H2,1H3,(H,23,26)(H2,24,25,27,28,31). The van der Waals surface area contributed by atoms with Crippen molar-refractivity contribution in [1.29, 1.82) is 0 Å². The molecule has 0 unspecified atom stereocenters. The topological polar surface area (TPSA) is 106 Å². The Morgan fingerprint density at radius 1 is 1.19 bits per heavy atom. The van der Waals surface area contributed by atoms with Crippen molar-refractivity contribution in [3.05, 3.63) is 56.1 Å². The zero-order valence-electron chi connectivity index (χ0n) is 16.0. The van der Waals surface area contributed by atoms with Crippen LogP contribution in [0.3, 0.4) is 0 Å². The molecule has 0 atom stereocenters. The lowest BCUT2D eigenvalue weighted by molar-refractivity contribution is -0.123. The Kier molecular flexibility index (Phi) is 7.46. The van der Waals surface area contributed by atoms with E-state index in [0.29, 0.717) is 31.3 Å². The van der Waals surface area contributed by atoms with Gasteiger partial charge in [-0.2, -0.15) is 0 Å². The molecule has 1 aliphatic rings. The predicted octanol–water partition coefficient (Wildman–Crippen LogP) is 2.89. The second-order valence-electron chi connectivity index (χ2n) is 6.17. The second kappa shape index (κ2) is 10.1. The Bertz CT molecular complexity index is 1080. The third-order valence-electron chi connectivity index (χ3n) is 3.98. The van der Waals surface area contributed by atoms with Crippen molar-refractivity contribution in [3.63, 3.8) is 0 Å². The number of amides is 3. The van der Waals surface area contributed by atoms with E-state index in [1.807, 2.05) is 22.6 Å². The summed E-state index contributed by atoms with van der Waals surface area (Å²) < 4.78 is 11.6. The predicted molar refractivity (Wildman–Crippen MR) is 128 cm³/mol. The number of hydrogen-bond donors (Lipinski definition) is 3. The van der Waals surface area contributed by atoms with Crippen LogP contribution in [0.1, 0.15) is 5.56 Å². The van der Waals surface area contributed by atoms with Crippen LogP contribution in [0.4, 0.5) is 5.69 Å². The van der Waals surface area contributed by atoms with Crippen LogP contribution in [0, 0.1) is 3.57 Å². The van der Waals surface area contributed by atoms with Crippen LogP contribution in [0.25, 0.3) is 6.08 Å². The van der Waals surface area contributed by atoms with Gasteiger partial charge in [0.25, 0.3) is 17.7 Å². The zero-order chi connectivity index (χ0) is 22.5. The molecule has 3 N–H and O–H groups in total. The molecular weight excluding hydrogens is 557 g/mol. The summed E-state index contributed by atoms with van der Waals surface area (Å²) in [5.41, 5.74) is 1.03. The first-order chi connectivity index (χ1) is 14.8. The van der Waals surface area contributed by atoms with Crippen LogP contribution in [-0.4, -0.2) is 36.6 Å². The van der Waals surface area contributed by atoms with Gasteiger partial charge in [0.15, 0.2) is 23.2 Å². The third kappa shape index (κ3) is 5.93. The van der Waals surface area contributed by atoms with E-state index in [4.69, 9.17) is 33.3 Å². The highest BCUT2D eigenvalue weighted by Gasteiger charge is 2.26. The van der Waals surface area contributed by atoms with Crippen LogP contribution in [0.5, 0.6) is 11.5 Å². The number of halogens is 2. The smallest absolute Gasteiger partial charge is 0.263 e. The van der Waals surface area contributed by atoms with Crippen LogP contribution in [0.2, 0.25) is 5.02 Å². The number of carbonyl (C=O) groups is 3. The highest BCUT2D eigenvalue weighted by molar-refractivity contribution is 14.1. The first kappa shape index (κ1) is 23.0.